The molecule has 0 unspecified atom stereocenters. The zero-order valence-corrected chi connectivity index (χ0v) is 20.4. The summed E-state index contributed by atoms with van der Waals surface area (Å²) >= 11 is 0. The molecule has 1 saturated heterocycles. The van der Waals surface area contributed by atoms with Gasteiger partial charge in [0, 0.05) is 31.2 Å². The lowest BCUT2D eigenvalue weighted by Crippen LogP contribution is -2.44. The van der Waals surface area contributed by atoms with Gasteiger partial charge in [0.25, 0.3) is 5.56 Å². The van der Waals surface area contributed by atoms with Gasteiger partial charge >= 0.3 is 0 Å². The van der Waals surface area contributed by atoms with Crippen molar-refractivity contribution in [1.82, 2.24) is 14.1 Å². The predicted octanol–water partition coefficient (Wildman–Crippen LogP) is 3.10. The van der Waals surface area contributed by atoms with Crippen LogP contribution in [-0.2, 0) is 19.5 Å². The molecular formula is C27H32N6O2. The highest BCUT2D eigenvalue weighted by atomic mass is 16.1. The second-order valence-corrected chi connectivity index (χ2v) is 10.1. The number of piperidine rings is 1. The highest BCUT2D eigenvalue weighted by molar-refractivity contribution is 5.96. The molecule has 2 N–H and O–H groups in total. The summed E-state index contributed by atoms with van der Waals surface area (Å²) in [6.45, 7) is 6.25. The number of fused-ring (bicyclic) bond motifs is 1. The smallest absolute Gasteiger partial charge is 0.278 e. The van der Waals surface area contributed by atoms with Gasteiger partial charge in [-0.15, -0.1) is 0 Å². The average Bonchev–Trinajstić information content (AvgIpc) is 3.46. The Bertz CT molecular complexity index is 1380. The van der Waals surface area contributed by atoms with Gasteiger partial charge < -0.3 is 15.2 Å². The Hall–Kier alpha value is -3.44. The second kappa shape index (κ2) is 9.31. The molecule has 182 valence electrons. The topological polar surface area (TPSA) is 110 Å². The highest BCUT2D eigenvalue weighted by Gasteiger charge is 2.36. The Labute approximate surface area is 205 Å². The average molecular weight is 473 g/mol. The van der Waals surface area contributed by atoms with Gasteiger partial charge in [0.2, 0.25) is 0 Å². The van der Waals surface area contributed by atoms with Crippen LogP contribution >= 0.6 is 0 Å². The van der Waals surface area contributed by atoms with Crippen molar-refractivity contribution < 1.29 is 4.79 Å². The molecule has 0 radical (unpaired) electrons. The number of Topliss-reactive ketones (excluding diaryl/α,β-unsaturated/α-hetero) is 1. The van der Waals surface area contributed by atoms with Crippen molar-refractivity contribution in [2.45, 2.75) is 58.7 Å². The van der Waals surface area contributed by atoms with Gasteiger partial charge in [0.05, 0.1) is 12.9 Å². The molecule has 2 aromatic heterocycles. The van der Waals surface area contributed by atoms with Crippen LogP contribution in [0.2, 0.25) is 0 Å². The Morgan fingerprint density at radius 2 is 2.14 bits per heavy atom. The molecule has 8 heteroatoms. The Morgan fingerprint density at radius 3 is 2.83 bits per heavy atom. The van der Waals surface area contributed by atoms with Crippen molar-refractivity contribution in [2.24, 2.45) is 17.6 Å². The van der Waals surface area contributed by atoms with E-state index >= 15 is 0 Å². The number of benzene rings is 1. The van der Waals surface area contributed by atoms with Gasteiger partial charge in [-0.2, -0.15) is 5.26 Å². The SMILES string of the molecule is CCc1cccc(C(=O)Cn2cnc3c(C#N)c(N4CCC[C@@H](N)C4)n(C[C@@H]4C[C@H]4C)c3c2=O)c1. The van der Waals surface area contributed by atoms with E-state index in [0.29, 0.717) is 47.1 Å². The Kier molecular flexibility index (Phi) is 6.20. The van der Waals surface area contributed by atoms with Crippen LogP contribution in [0.4, 0.5) is 5.82 Å². The molecule has 3 aromatic rings. The summed E-state index contributed by atoms with van der Waals surface area (Å²) in [5, 5.41) is 10.1. The normalized spacial score (nSPS) is 21.8. The number of rotatable bonds is 7. The standard InChI is InChI=1S/C27H32N6O2/c1-3-18-6-4-7-19(11-18)23(34)15-32-16-30-24-22(12-28)26(31-9-5-8-21(29)14-31)33(25(24)27(32)35)13-20-10-17(20)2/h4,6-7,11,16-17,20-21H,3,5,8-10,13-15,29H2,1-2H3/t17-,20+,21-/m1/s1. The lowest BCUT2D eigenvalue weighted by atomic mass is 10.1. The van der Waals surface area contributed by atoms with Crippen molar-refractivity contribution in [2.75, 3.05) is 18.0 Å². The van der Waals surface area contributed by atoms with E-state index in [0.717, 1.165) is 43.6 Å². The summed E-state index contributed by atoms with van der Waals surface area (Å²) in [7, 11) is 0. The lowest BCUT2D eigenvalue weighted by molar-refractivity contribution is 0.0970. The molecule has 0 bridgehead atoms. The first-order chi connectivity index (χ1) is 16.9. The van der Waals surface area contributed by atoms with Gasteiger partial charge in [-0.05, 0) is 49.1 Å². The summed E-state index contributed by atoms with van der Waals surface area (Å²) in [5.74, 6) is 1.66. The Balaban J connectivity index is 1.60. The number of nitriles is 1. The number of anilines is 1. The third-order valence-electron chi connectivity index (χ3n) is 7.53. The number of aromatic nitrogens is 3. The minimum atomic E-state index is -0.285. The highest BCUT2D eigenvalue weighted by Crippen LogP contribution is 2.42. The first kappa shape index (κ1) is 23.3. The molecule has 1 aliphatic carbocycles. The van der Waals surface area contributed by atoms with Crippen LogP contribution in [0.1, 0.15) is 54.6 Å². The maximum absolute atomic E-state index is 13.7. The van der Waals surface area contributed by atoms with E-state index in [1.807, 2.05) is 29.7 Å². The van der Waals surface area contributed by atoms with Gasteiger partial charge in [-0.25, -0.2) is 4.98 Å². The molecule has 8 nitrogen and oxygen atoms in total. The monoisotopic (exact) mass is 472 g/mol. The molecule has 0 spiro atoms. The van der Waals surface area contributed by atoms with Crippen molar-refractivity contribution >= 4 is 22.6 Å². The van der Waals surface area contributed by atoms with Crippen molar-refractivity contribution in [3.63, 3.8) is 0 Å². The molecule has 2 fully saturated rings. The second-order valence-electron chi connectivity index (χ2n) is 10.1. The van der Waals surface area contributed by atoms with Crippen LogP contribution in [0.5, 0.6) is 0 Å². The van der Waals surface area contributed by atoms with Crippen molar-refractivity contribution in [1.29, 1.82) is 5.26 Å². The van der Waals surface area contributed by atoms with Crippen LogP contribution < -0.4 is 16.2 Å². The molecular weight excluding hydrogens is 440 g/mol. The summed E-state index contributed by atoms with van der Waals surface area (Å²) in [6.07, 6.45) is 5.23. The maximum atomic E-state index is 13.7. The van der Waals surface area contributed by atoms with Crippen LogP contribution in [-0.4, -0.2) is 39.0 Å². The number of carbonyl (C=O) groups excluding carboxylic acids is 1. The molecule has 5 rings (SSSR count). The summed E-state index contributed by atoms with van der Waals surface area (Å²) < 4.78 is 3.37. The van der Waals surface area contributed by atoms with Gasteiger partial charge in [-0.1, -0.05) is 32.0 Å². The quantitative estimate of drug-likeness (QED) is 0.529. The molecule has 2 aliphatic rings. The number of nitrogens with zero attached hydrogens (tertiary/aromatic N) is 5. The first-order valence-electron chi connectivity index (χ1n) is 12.6. The summed E-state index contributed by atoms with van der Waals surface area (Å²) in [5.41, 5.74) is 8.89. The summed E-state index contributed by atoms with van der Waals surface area (Å²) in [6, 6.07) is 9.86. The number of ketones is 1. The largest absolute Gasteiger partial charge is 0.355 e. The van der Waals surface area contributed by atoms with E-state index in [-0.39, 0.29) is 23.9 Å². The molecule has 3 heterocycles. The minimum Gasteiger partial charge on any atom is -0.355 e. The van der Waals surface area contributed by atoms with Crippen molar-refractivity contribution in [3.05, 3.63) is 57.6 Å². The third kappa shape index (κ3) is 4.37. The molecule has 1 saturated carbocycles. The first-order valence-corrected chi connectivity index (χ1v) is 12.6. The van der Waals surface area contributed by atoms with Crippen LogP contribution in [0.15, 0.2) is 35.4 Å². The third-order valence-corrected chi connectivity index (χ3v) is 7.53. The molecule has 1 aromatic carbocycles. The zero-order chi connectivity index (χ0) is 24.7. The van der Waals surface area contributed by atoms with Crippen LogP contribution in [0, 0.1) is 23.2 Å². The predicted molar refractivity (Wildman–Crippen MR) is 136 cm³/mol. The molecule has 35 heavy (non-hydrogen) atoms. The number of carbonyl (C=O) groups is 1. The van der Waals surface area contributed by atoms with Crippen LogP contribution in [0.3, 0.4) is 0 Å². The van der Waals surface area contributed by atoms with E-state index in [2.05, 4.69) is 22.9 Å². The maximum Gasteiger partial charge on any atom is 0.278 e. The van der Waals surface area contributed by atoms with Crippen LogP contribution in [0.25, 0.3) is 11.0 Å². The number of hydrogen-bond donors (Lipinski definition) is 1. The zero-order valence-electron chi connectivity index (χ0n) is 20.4. The fourth-order valence-electron chi connectivity index (χ4n) is 5.27. The van der Waals surface area contributed by atoms with E-state index in [1.54, 1.807) is 6.07 Å². The van der Waals surface area contributed by atoms with Gasteiger partial charge in [0.15, 0.2) is 5.78 Å². The summed E-state index contributed by atoms with van der Waals surface area (Å²) in [4.78, 5) is 33.5. The van der Waals surface area contributed by atoms with Gasteiger partial charge in [0.1, 0.15) is 28.5 Å². The minimum absolute atomic E-state index is 0.0303. The molecule has 3 atom stereocenters. The van der Waals surface area contributed by atoms with Gasteiger partial charge in [-0.3, -0.25) is 14.2 Å². The van der Waals surface area contributed by atoms with E-state index in [9.17, 15) is 14.9 Å². The molecule has 1 aliphatic heterocycles. The van der Waals surface area contributed by atoms with E-state index < -0.39 is 0 Å². The number of nitrogens with two attached hydrogens (primary N) is 1. The number of hydrogen-bond acceptors (Lipinski definition) is 6. The Morgan fingerprint density at radius 1 is 1.34 bits per heavy atom. The molecule has 0 amide bonds. The van der Waals surface area contributed by atoms with E-state index in [1.165, 1.54) is 10.9 Å². The van der Waals surface area contributed by atoms with E-state index in [4.69, 9.17) is 5.73 Å². The fourth-order valence-corrected chi connectivity index (χ4v) is 5.27. The van der Waals surface area contributed by atoms with Crippen molar-refractivity contribution in [3.8, 4) is 6.07 Å². The number of aryl methyl sites for hydroxylation is 1. The fraction of sp³-hybridized carbons (Fsp3) is 0.481. The lowest BCUT2D eigenvalue weighted by Gasteiger charge is -2.33.